The maximum atomic E-state index is 6.45. The second kappa shape index (κ2) is 13.9. The molecule has 0 fully saturated rings. The fourth-order valence-electron chi connectivity index (χ4n) is 9.64. The van der Waals surface area contributed by atoms with Crippen molar-refractivity contribution in [1.82, 2.24) is 0 Å². The molecule has 9 aromatic carbocycles. The fraction of sp³-hybridized carbons (Fsp3) is 0.0526. The molecule has 1 aromatic heterocycles. The number of para-hydroxylation sites is 4. The molecule has 0 N–H and O–H groups in total. The van der Waals surface area contributed by atoms with Crippen LogP contribution < -0.4 is 9.80 Å². The average Bonchev–Trinajstić information content (AvgIpc) is 3.81. The van der Waals surface area contributed by atoms with Crippen LogP contribution in [0.25, 0.3) is 55.3 Å². The largest absolute Gasteiger partial charge is 0.455 e. The van der Waals surface area contributed by atoms with Crippen LogP contribution in [0.3, 0.4) is 0 Å². The lowest BCUT2D eigenvalue weighted by atomic mass is 9.82. The summed E-state index contributed by atoms with van der Waals surface area (Å²) in [6, 6.07) is 74.9. The van der Waals surface area contributed by atoms with Crippen molar-refractivity contribution in [3.63, 3.8) is 0 Å². The molecule has 0 spiro atoms. The highest BCUT2D eigenvalue weighted by atomic mass is 32.2. The molecule has 290 valence electrons. The minimum Gasteiger partial charge on any atom is -0.455 e. The van der Waals surface area contributed by atoms with Crippen molar-refractivity contribution < 1.29 is 4.42 Å². The Morgan fingerprint density at radius 3 is 1.90 bits per heavy atom. The van der Waals surface area contributed by atoms with Crippen LogP contribution in [0.1, 0.15) is 25.0 Å². The lowest BCUT2D eigenvalue weighted by molar-refractivity contribution is 0.660. The third-order valence-electron chi connectivity index (χ3n) is 12.7. The minimum atomic E-state index is -0.117. The number of rotatable bonds is 6. The first-order valence-electron chi connectivity index (χ1n) is 20.9. The van der Waals surface area contributed by atoms with Crippen LogP contribution in [0, 0.1) is 0 Å². The van der Waals surface area contributed by atoms with E-state index in [1.165, 1.54) is 54.5 Å². The summed E-state index contributed by atoms with van der Waals surface area (Å²) in [7, 11) is 0. The molecule has 0 saturated carbocycles. The summed E-state index contributed by atoms with van der Waals surface area (Å²) in [4.78, 5) is 7.27. The molecule has 1 aliphatic heterocycles. The van der Waals surface area contributed by atoms with Crippen molar-refractivity contribution in [2.45, 2.75) is 29.1 Å². The number of anilines is 6. The monoisotopic (exact) mass is 800 g/mol. The molecule has 10 aromatic rings. The Morgan fingerprint density at radius 2 is 1.07 bits per heavy atom. The average molecular weight is 801 g/mol. The van der Waals surface area contributed by atoms with Gasteiger partial charge < -0.3 is 14.2 Å². The van der Waals surface area contributed by atoms with Crippen molar-refractivity contribution in [2.75, 3.05) is 9.80 Å². The van der Waals surface area contributed by atoms with Gasteiger partial charge in [0.15, 0.2) is 0 Å². The lowest BCUT2D eigenvalue weighted by Crippen LogP contribution is -2.16. The van der Waals surface area contributed by atoms with Crippen LogP contribution >= 0.6 is 11.8 Å². The van der Waals surface area contributed by atoms with Crippen molar-refractivity contribution >= 4 is 67.8 Å². The van der Waals surface area contributed by atoms with Gasteiger partial charge in [-0.2, -0.15) is 0 Å². The summed E-state index contributed by atoms with van der Waals surface area (Å²) in [5.74, 6) is 0. The molecule has 4 heteroatoms. The van der Waals surface area contributed by atoms with Gasteiger partial charge in [-0.05, 0) is 118 Å². The Kier molecular flexibility index (Phi) is 8.13. The number of nitrogens with zero attached hydrogens (tertiary/aromatic N) is 2. The van der Waals surface area contributed by atoms with E-state index >= 15 is 0 Å². The molecule has 0 amide bonds. The number of furan rings is 1. The van der Waals surface area contributed by atoms with Crippen LogP contribution in [0.15, 0.2) is 220 Å². The molecule has 12 rings (SSSR count). The Labute approximate surface area is 360 Å². The molecule has 61 heavy (non-hydrogen) atoms. The Morgan fingerprint density at radius 1 is 0.443 bits per heavy atom. The molecule has 0 radical (unpaired) electrons. The van der Waals surface area contributed by atoms with Gasteiger partial charge in [-0.1, -0.05) is 153 Å². The van der Waals surface area contributed by atoms with Crippen molar-refractivity contribution in [2.24, 2.45) is 0 Å². The molecule has 1 aliphatic carbocycles. The Balaban J connectivity index is 0.939. The van der Waals surface area contributed by atoms with E-state index in [-0.39, 0.29) is 5.41 Å². The van der Waals surface area contributed by atoms with Gasteiger partial charge in [0.1, 0.15) is 11.2 Å². The van der Waals surface area contributed by atoms with E-state index in [1.807, 2.05) is 23.9 Å². The minimum absolute atomic E-state index is 0.117. The summed E-state index contributed by atoms with van der Waals surface area (Å²) >= 11 is 1.84. The third-order valence-corrected chi connectivity index (χ3v) is 13.8. The molecular formula is C57H40N2OS. The highest BCUT2D eigenvalue weighted by Crippen LogP contribution is 2.53. The lowest BCUT2D eigenvalue weighted by Gasteiger charge is -2.33. The zero-order valence-electron chi connectivity index (χ0n) is 33.8. The maximum Gasteiger partial charge on any atom is 0.143 e. The normalized spacial score (nSPS) is 13.4. The van der Waals surface area contributed by atoms with Crippen LogP contribution in [-0.2, 0) is 5.41 Å². The maximum absolute atomic E-state index is 6.45. The SMILES string of the molecule is CC1(C)c2ccccc2-c2ccc(N(c3ccc(-c4ccc5c(c4)Sc4ccccc4N5c4ccccc4)cc3)c3ccc(-c4cccc5c4oc4ccccc45)cc3)cc21. The summed E-state index contributed by atoms with van der Waals surface area (Å²) in [5, 5.41) is 2.28. The van der Waals surface area contributed by atoms with Crippen LogP contribution in [0.5, 0.6) is 0 Å². The zero-order chi connectivity index (χ0) is 40.7. The van der Waals surface area contributed by atoms with E-state index in [4.69, 9.17) is 4.42 Å². The van der Waals surface area contributed by atoms with Crippen molar-refractivity contribution in [3.05, 3.63) is 217 Å². The quantitative estimate of drug-likeness (QED) is 0.167. The molecule has 0 bridgehead atoms. The first-order chi connectivity index (χ1) is 30.0. The van der Waals surface area contributed by atoms with Crippen LogP contribution in [-0.4, -0.2) is 0 Å². The van der Waals surface area contributed by atoms with Gasteiger partial charge in [-0.3, -0.25) is 0 Å². The third kappa shape index (κ3) is 5.74. The van der Waals surface area contributed by atoms with Crippen LogP contribution in [0.4, 0.5) is 34.1 Å². The summed E-state index contributed by atoms with van der Waals surface area (Å²) < 4.78 is 6.45. The molecule has 3 nitrogen and oxygen atoms in total. The van der Waals surface area contributed by atoms with Gasteiger partial charge in [0, 0.05) is 54.3 Å². The summed E-state index contributed by atoms with van der Waals surface area (Å²) in [6.45, 7) is 4.70. The first-order valence-corrected chi connectivity index (χ1v) is 21.7. The molecule has 0 saturated heterocycles. The van der Waals surface area contributed by atoms with Crippen molar-refractivity contribution in [3.8, 4) is 33.4 Å². The first kappa shape index (κ1) is 35.7. The Hall–Kier alpha value is -7.27. The second-order valence-electron chi connectivity index (χ2n) is 16.5. The Bertz CT molecular complexity index is 3310. The van der Waals surface area contributed by atoms with Gasteiger partial charge in [-0.15, -0.1) is 0 Å². The van der Waals surface area contributed by atoms with E-state index in [9.17, 15) is 0 Å². The standard InChI is InChI=1S/C57H40N2OS/c1-57(2)49-19-8-6-15-45(49)46-33-32-43(36-50(46)57)58(42-30-25-38(26-31-42)44-17-12-18-48-47-16-7-10-21-53(47)60-56(44)48)41-28-23-37(24-29-41)39-27-34-52-55(35-39)61-54-22-11-9-20-51(54)59(52)40-13-4-3-5-14-40/h3-36H,1-2H3. The van der Waals surface area contributed by atoms with Gasteiger partial charge in [0.2, 0.25) is 0 Å². The summed E-state index contributed by atoms with van der Waals surface area (Å²) in [6.07, 6.45) is 0. The van der Waals surface area contributed by atoms with E-state index in [2.05, 4.69) is 218 Å². The van der Waals surface area contributed by atoms with Gasteiger partial charge in [-0.25, -0.2) is 0 Å². The molecule has 0 unspecified atom stereocenters. The van der Waals surface area contributed by atoms with Crippen molar-refractivity contribution in [1.29, 1.82) is 0 Å². The molecular weight excluding hydrogens is 761 g/mol. The fourth-order valence-corrected chi connectivity index (χ4v) is 10.7. The van der Waals surface area contributed by atoms with E-state index in [0.29, 0.717) is 0 Å². The summed E-state index contributed by atoms with van der Waals surface area (Å²) in [5.41, 5.74) is 18.5. The van der Waals surface area contributed by atoms with Crippen LogP contribution in [0.2, 0.25) is 0 Å². The number of hydrogen-bond acceptors (Lipinski definition) is 4. The van der Waals surface area contributed by atoms with Gasteiger partial charge in [0.25, 0.3) is 0 Å². The molecule has 2 heterocycles. The molecule has 0 atom stereocenters. The second-order valence-corrected chi connectivity index (χ2v) is 17.6. The predicted octanol–water partition coefficient (Wildman–Crippen LogP) is 16.6. The van der Waals surface area contributed by atoms with E-state index in [0.717, 1.165) is 55.8 Å². The predicted molar refractivity (Wildman–Crippen MR) is 256 cm³/mol. The number of benzene rings is 9. The van der Waals surface area contributed by atoms with E-state index < -0.39 is 0 Å². The van der Waals surface area contributed by atoms with Gasteiger partial charge >= 0.3 is 0 Å². The zero-order valence-corrected chi connectivity index (χ0v) is 34.7. The smallest absolute Gasteiger partial charge is 0.143 e. The molecule has 2 aliphatic rings. The van der Waals surface area contributed by atoms with E-state index in [1.54, 1.807) is 0 Å². The highest BCUT2D eigenvalue weighted by Gasteiger charge is 2.36. The number of fused-ring (bicyclic) bond motifs is 8. The topological polar surface area (TPSA) is 19.6 Å². The number of hydrogen-bond donors (Lipinski definition) is 0. The van der Waals surface area contributed by atoms with Gasteiger partial charge in [0.05, 0.1) is 11.4 Å². The highest BCUT2D eigenvalue weighted by molar-refractivity contribution is 7.99.